The van der Waals surface area contributed by atoms with Gasteiger partial charge in [-0.3, -0.25) is 4.68 Å². The van der Waals surface area contributed by atoms with E-state index in [2.05, 4.69) is 34.0 Å². The lowest BCUT2D eigenvalue weighted by Gasteiger charge is -2.16. The van der Waals surface area contributed by atoms with Crippen LogP contribution in [0, 0.1) is 5.92 Å². The maximum absolute atomic E-state index is 11.9. The van der Waals surface area contributed by atoms with Crippen LogP contribution in [0.5, 0.6) is 5.88 Å². The van der Waals surface area contributed by atoms with Crippen LogP contribution in [0.1, 0.15) is 56.8 Å². The number of hydrogen-bond donors (Lipinski definition) is 0. The second-order valence-corrected chi connectivity index (χ2v) is 6.93. The van der Waals surface area contributed by atoms with E-state index in [9.17, 15) is 4.79 Å². The monoisotopic (exact) mass is 400 g/mol. The second kappa shape index (κ2) is 9.49. The molecular weight excluding hydrogens is 372 g/mol. The Hall–Kier alpha value is -2.97. The molecule has 0 aliphatic heterocycles. The van der Waals surface area contributed by atoms with E-state index in [-0.39, 0.29) is 0 Å². The Labute approximate surface area is 170 Å². The number of carbonyl (C=O) groups is 1. The minimum Gasteiger partial charge on any atom is -0.479 e. The van der Waals surface area contributed by atoms with Gasteiger partial charge in [0.15, 0.2) is 0 Å². The highest BCUT2D eigenvalue weighted by Gasteiger charge is 2.19. The fourth-order valence-corrected chi connectivity index (χ4v) is 3.48. The summed E-state index contributed by atoms with van der Waals surface area (Å²) in [4.78, 5) is 20.9. The van der Waals surface area contributed by atoms with E-state index in [0.717, 1.165) is 37.7 Å². The number of ether oxygens (including phenoxy) is 2. The van der Waals surface area contributed by atoms with Crippen molar-refractivity contribution in [3.05, 3.63) is 24.2 Å². The fraction of sp³-hybridized carbons (Fsp3) is 0.550. The van der Waals surface area contributed by atoms with Gasteiger partial charge in [-0.2, -0.15) is 15.2 Å². The number of esters is 1. The van der Waals surface area contributed by atoms with Gasteiger partial charge in [0, 0.05) is 12.7 Å². The third kappa shape index (κ3) is 4.55. The first-order valence-electron chi connectivity index (χ1n) is 10.1. The third-order valence-electron chi connectivity index (χ3n) is 4.76. The predicted octanol–water partition coefficient (Wildman–Crippen LogP) is 3.41. The summed E-state index contributed by atoms with van der Waals surface area (Å²) in [5.74, 6) is 0.860. The minimum atomic E-state index is -0.433. The molecule has 0 N–H and O–H groups in total. The maximum Gasteiger partial charge on any atom is 0.341 e. The SMILES string of the molecule is CCCC(CCC)Cn1ncc2nc(-n3cc(C(=O)OCC)cn3)nc(OC)c21. The normalized spacial score (nSPS) is 11.3. The maximum atomic E-state index is 11.9. The molecular formula is C20H28N6O3. The van der Waals surface area contributed by atoms with Crippen LogP contribution in [0.3, 0.4) is 0 Å². The van der Waals surface area contributed by atoms with E-state index < -0.39 is 5.97 Å². The molecule has 3 aromatic rings. The molecule has 0 spiro atoms. The molecule has 3 rings (SSSR count). The molecule has 0 saturated carbocycles. The number of rotatable bonds is 10. The summed E-state index contributed by atoms with van der Waals surface area (Å²) in [6, 6.07) is 0. The van der Waals surface area contributed by atoms with Gasteiger partial charge in [0.1, 0.15) is 11.0 Å². The Kier molecular flexibility index (Phi) is 6.79. The molecule has 0 aliphatic rings. The summed E-state index contributed by atoms with van der Waals surface area (Å²) in [5.41, 5.74) is 1.78. The predicted molar refractivity (Wildman–Crippen MR) is 108 cm³/mol. The lowest BCUT2D eigenvalue weighted by Crippen LogP contribution is -2.13. The Bertz CT molecular complexity index is 958. The van der Waals surface area contributed by atoms with Crippen molar-refractivity contribution in [2.24, 2.45) is 5.92 Å². The first-order chi connectivity index (χ1) is 14.1. The van der Waals surface area contributed by atoms with Crippen LogP contribution in [0.2, 0.25) is 0 Å². The van der Waals surface area contributed by atoms with Crippen molar-refractivity contribution in [3.8, 4) is 11.8 Å². The van der Waals surface area contributed by atoms with E-state index in [0.29, 0.717) is 35.4 Å². The van der Waals surface area contributed by atoms with Gasteiger partial charge in [-0.15, -0.1) is 0 Å². The van der Waals surface area contributed by atoms with E-state index in [4.69, 9.17) is 9.47 Å². The summed E-state index contributed by atoms with van der Waals surface area (Å²) >= 11 is 0. The first-order valence-corrected chi connectivity index (χ1v) is 10.1. The molecule has 0 aliphatic carbocycles. The van der Waals surface area contributed by atoms with Gasteiger partial charge >= 0.3 is 5.97 Å². The molecule has 0 atom stereocenters. The lowest BCUT2D eigenvalue weighted by molar-refractivity contribution is 0.0526. The summed E-state index contributed by atoms with van der Waals surface area (Å²) in [5, 5.41) is 8.72. The quantitative estimate of drug-likeness (QED) is 0.481. The minimum absolute atomic E-state index is 0.302. The number of nitrogens with zero attached hydrogens (tertiary/aromatic N) is 6. The van der Waals surface area contributed by atoms with Crippen LogP contribution in [0.15, 0.2) is 18.6 Å². The fourth-order valence-electron chi connectivity index (χ4n) is 3.48. The Balaban J connectivity index is 1.94. The van der Waals surface area contributed by atoms with Crippen molar-refractivity contribution >= 4 is 17.0 Å². The van der Waals surface area contributed by atoms with Crippen molar-refractivity contribution in [3.63, 3.8) is 0 Å². The summed E-state index contributed by atoms with van der Waals surface area (Å²) in [6.07, 6.45) is 9.28. The van der Waals surface area contributed by atoms with Crippen LogP contribution in [0.4, 0.5) is 0 Å². The molecule has 9 nitrogen and oxygen atoms in total. The lowest BCUT2D eigenvalue weighted by atomic mass is 9.98. The number of carbonyl (C=O) groups excluding carboxylic acids is 1. The van der Waals surface area contributed by atoms with Gasteiger partial charge in [0.25, 0.3) is 5.95 Å². The Morgan fingerprint density at radius 1 is 1.10 bits per heavy atom. The molecule has 0 radical (unpaired) electrons. The van der Waals surface area contributed by atoms with E-state index in [1.807, 2.05) is 4.68 Å². The molecule has 0 aromatic carbocycles. The molecule has 9 heteroatoms. The molecule has 3 heterocycles. The smallest absolute Gasteiger partial charge is 0.341 e. The number of hydrogen-bond acceptors (Lipinski definition) is 7. The van der Waals surface area contributed by atoms with Crippen LogP contribution in [-0.2, 0) is 11.3 Å². The number of aromatic nitrogens is 6. The molecule has 156 valence electrons. The van der Waals surface area contributed by atoms with E-state index in [1.54, 1.807) is 26.4 Å². The van der Waals surface area contributed by atoms with Gasteiger partial charge in [0.05, 0.1) is 31.7 Å². The van der Waals surface area contributed by atoms with Crippen molar-refractivity contribution in [2.45, 2.75) is 53.0 Å². The van der Waals surface area contributed by atoms with Crippen molar-refractivity contribution in [1.82, 2.24) is 29.5 Å². The van der Waals surface area contributed by atoms with Gasteiger partial charge < -0.3 is 9.47 Å². The Morgan fingerprint density at radius 2 is 1.86 bits per heavy atom. The van der Waals surface area contributed by atoms with Crippen LogP contribution in [-0.4, -0.2) is 49.2 Å². The molecule has 0 saturated heterocycles. The zero-order chi connectivity index (χ0) is 20.8. The van der Waals surface area contributed by atoms with Crippen molar-refractivity contribution in [1.29, 1.82) is 0 Å². The molecule has 29 heavy (non-hydrogen) atoms. The topological polar surface area (TPSA) is 97.0 Å². The molecule has 0 unspecified atom stereocenters. The molecule has 3 aromatic heterocycles. The summed E-state index contributed by atoms with van der Waals surface area (Å²) in [6.45, 7) is 7.27. The summed E-state index contributed by atoms with van der Waals surface area (Å²) < 4.78 is 13.9. The van der Waals surface area contributed by atoms with Crippen LogP contribution >= 0.6 is 0 Å². The highest BCUT2D eigenvalue weighted by molar-refractivity contribution is 5.88. The highest BCUT2D eigenvalue weighted by Crippen LogP contribution is 2.26. The molecule has 0 fully saturated rings. The van der Waals surface area contributed by atoms with E-state index >= 15 is 0 Å². The zero-order valence-corrected chi connectivity index (χ0v) is 17.5. The molecule has 0 amide bonds. The van der Waals surface area contributed by atoms with Gasteiger partial charge in [-0.25, -0.2) is 14.5 Å². The average molecular weight is 400 g/mol. The highest BCUT2D eigenvalue weighted by atomic mass is 16.5. The summed E-state index contributed by atoms with van der Waals surface area (Å²) in [7, 11) is 1.57. The van der Waals surface area contributed by atoms with Crippen LogP contribution in [0.25, 0.3) is 17.0 Å². The van der Waals surface area contributed by atoms with E-state index in [1.165, 1.54) is 10.9 Å². The second-order valence-electron chi connectivity index (χ2n) is 6.93. The van der Waals surface area contributed by atoms with Crippen molar-refractivity contribution < 1.29 is 14.3 Å². The Morgan fingerprint density at radius 3 is 2.52 bits per heavy atom. The standard InChI is InChI=1S/C20H28N6O3/c1-5-8-14(9-6-2)12-25-17-16(11-22-25)23-20(24-18(17)28-4)26-13-15(10-21-26)19(27)29-7-3/h10-11,13-14H,5-9,12H2,1-4H3. The first kappa shape index (κ1) is 20.8. The van der Waals surface area contributed by atoms with Gasteiger partial charge in [-0.05, 0) is 25.7 Å². The third-order valence-corrected chi connectivity index (χ3v) is 4.76. The largest absolute Gasteiger partial charge is 0.479 e. The number of fused-ring (bicyclic) bond motifs is 1. The van der Waals surface area contributed by atoms with Crippen LogP contribution < -0.4 is 4.74 Å². The average Bonchev–Trinajstić information content (AvgIpc) is 3.36. The van der Waals surface area contributed by atoms with Gasteiger partial charge in [0.2, 0.25) is 5.88 Å². The zero-order valence-electron chi connectivity index (χ0n) is 17.5. The molecule has 0 bridgehead atoms. The van der Waals surface area contributed by atoms with Crippen molar-refractivity contribution in [2.75, 3.05) is 13.7 Å². The van der Waals surface area contributed by atoms with Gasteiger partial charge in [-0.1, -0.05) is 26.7 Å². The number of methoxy groups -OCH3 is 1.